The van der Waals surface area contributed by atoms with Gasteiger partial charge in [0, 0.05) is 78.3 Å². The summed E-state index contributed by atoms with van der Waals surface area (Å²) in [5, 5.41) is 73.9. The van der Waals surface area contributed by atoms with E-state index in [-0.39, 0.29) is 48.7 Å². The number of esters is 1. The molecule has 68 heavy (non-hydrogen) atoms. The first-order chi connectivity index (χ1) is 31.6. The van der Waals surface area contributed by atoms with E-state index in [1.807, 2.05) is 19.1 Å². The number of carbonyl (C=O) groups is 3. The fourth-order valence-electron chi connectivity index (χ4n) is 14.0. The molecule has 7 fully saturated rings. The topological polar surface area (TPSA) is 287 Å². The molecule has 8 N–H and O–H groups in total. The molecule has 0 radical (unpaired) electrons. The number of hydrogen-bond donors (Lipinski definition) is 8. The molecule has 15 unspecified atom stereocenters. The van der Waals surface area contributed by atoms with Gasteiger partial charge in [-0.1, -0.05) is 38.1 Å². The first-order valence-electron chi connectivity index (χ1n) is 23.2. The smallest absolute Gasteiger partial charge is 0.394 e. The summed E-state index contributed by atoms with van der Waals surface area (Å²) in [5.41, 5.74) is -7.70. The second-order valence-electron chi connectivity index (χ2n) is 20.6. The molecule has 15 atom stereocenters. The Labute approximate surface area is 396 Å². The summed E-state index contributed by atoms with van der Waals surface area (Å²) >= 11 is 0. The van der Waals surface area contributed by atoms with Gasteiger partial charge in [0.05, 0.1) is 25.9 Å². The molecular formula is C49H67NO17S. The molecule has 0 aromatic heterocycles. The van der Waals surface area contributed by atoms with Crippen LogP contribution in [-0.2, 0) is 39.0 Å². The minimum absolute atomic E-state index is 0.0568. The Morgan fingerprint density at radius 1 is 0.897 bits per heavy atom. The maximum atomic E-state index is 12.9. The summed E-state index contributed by atoms with van der Waals surface area (Å²) in [4.78, 5) is 38.9. The Morgan fingerprint density at radius 3 is 2.12 bits per heavy atom. The van der Waals surface area contributed by atoms with Gasteiger partial charge in [-0.2, -0.15) is 8.42 Å². The molecular weight excluding hydrogens is 907 g/mol. The van der Waals surface area contributed by atoms with Crippen LogP contribution in [0.25, 0.3) is 0 Å². The molecule has 19 heteroatoms. The number of nitrogens with zero attached hydrogens (tertiary/aromatic N) is 1. The Balaban J connectivity index is 0.000000220. The molecule has 9 rings (SSSR count). The molecule has 4 saturated carbocycles. The van der Waals surface area contributed by atoms with Gasteiger partial charge >= 0.3 is 16.4 Å². The summed E-state index contributed by atoms with van der Waals surface area (Å²) in [6.45, 7) is 13.8. The highest BCUT2D eigenvalue weighted by atomic mass is 32.3. The molecule has 4 bridgehead atoms. The first kappa shape index (κ1) is 52.0. The lowest BCUT2D eigenvalue weighted by atomic mass is 9.49. The average Bonchev–Trinajstić information content (AvgIpc) is 3.44. The number of rotatable bonds is 7. The fourth-order valence-corrected chi connectivity index (χ4v) is 14.0. The minimum Gasteiger partial charge on any atom is -0.497 e. The summed E-state index contributed by atoms with van der Waals surface area (Å²) in [5.74, 6) is -4.17. The van der Waals surface area contributed by atoms with Crippen LogP contribution < -0.4 is 4.74 Å². The number of fused-ring (bicyclic) bond motifs is 5. The number of carbonyl (C=O) groups excluding carboxylic acids is 3. The van der Waals surface area contributed by atoms with Crippen molar-refractivity contribution in [2.24, 2.45) is 29.1 Å². The second-order valence-corrected chi connectivity index (χ2v) is 21.5. The maximum Gasteiger partial charge on any atom is 0.394 e. The summed E-state index contributed by atoms with van der Waals surface area (Å²) < 4.78 is 54.2. The third-order valence-corrected chi connectivity index (χ3v) is 17.4. The molecule has 1 aromatic rings. The quantitative estimate of drug-likeness (QED) is 0.0641. The van der Waals surface area contributed by atoms with Gasteiger partial charge in [0.2, 0.25) is 11.6 Å². The molecule has 5 aliphatic carbocycles. The monoisotopic (exact) mass is 973 g/mol. The summed E-state index contributed by atoms with van der Waals surface area (Å²) in [6.07, 6.45) is 6.48. The van der Waals surface area contributed by atoms with Crippen molar-refractivity contribution < 1.29 is 81.5 Å². The number of benzene rings is 1. The number of aliphatic hydroxyl groups is 6. The number of aliphatic hydroxyl groups excluding tert-OH is 1. The van der Waals surface area contributed by atoms with Crippen molar-refractivity contribution in [3.63, 3.8) is 0 Å². The van der Waals surface area contributed by atoms with E-state index >= 15 is 0 Å². The molecule has 0 amide bonds. The molecule has 3 heterocycles. The van der Waals surface area contributed by atoms with Crippen molar-refractivity contribution in [2.45, 2.75) is 144 Å². The van der Waals surface area contributed by atoms with Gasteiger partial charge in [0.15, 0.2) is 17.6 Å². The van der Waals surface area contributed by atoms with Crippen LogP contribution in [0, 0.1) is 29.1 Å². The van der Waals surface area contributed by atoms with Crippen LogP contribution in [0.4, 0.5) is 0 Å². The van der Waals surface area contributed by atoms with Gasteiger partial charge < -0.3 is 49.6 Å². The van der Waals surface area contributed by atoms with Crippen molar-refractivity contribution in [1.82, 2.24) is 4.90 Å². The van der Waals surface area contributed by atoms with Gasteiger partial charge in [0.25, 0.3) is 0 Å². The highest BCUT2D eigenvalue weighted by Crippen LogP contribution is 2.78. The van der Waals surface area contributed by atoms with Gasteiger partial charge in [-0.25, -0.2) is 4.79 Å². The van der Waals surface area contributed by atoms with Crippen LogP contribution in [0.5, 0.6) is 5.75 Å². The lowest BCUT2D eigenvalue weighted by molar-refractivity contribution is -0.354. The van der Waals surface area contributed by atoms with Gasteiger partial charge in [0.1, 0.15) is 28.2 Å². The predicted molar refractivity (Wildman–Crippen MR) is 243 cm³/mol. The SMILES string of the molecule is C=CC(C1=CC(=O)C(OC)=CC1=O)c1ccc(OC)cc1.CC=C(C)C(=O)OC1CCC2(C)C3CCC4C5(O)CC(O)C6(O)C(CN7CC(C)CCC7C6(C)O)C5(O)CC42OC13O.O=S(=O)(O)O. The lowest BCUT2D eigenvalue weighted by Gasteiger charge is -2.68. The second kappa shape index (κ2) is 17.8. The van der Waals surface area contributed by atoms with Crippen LogP contribution in [0.1, 0.15) is 97.5 Å². The number of methoxy groups -OCH3 is 2. The standard InChI is InChI=1S/C32H49NO9.C17H16O4.H2O4S/c1-6-18(3)25(35)41-24-11-12-26(4)19-8-9-20-28(37)13-23(34)31(39)21(29(28,38)16-30(20,26)42-32(19,24)40)15-33-14-17(2)7-10-22(33)27(31,5)36;1-4-13(11-5-7-12(20-2)8-6-11)14-9-16(19)17(21-3)10-15(14)18;1-5(2,3)4/h6,17,19-24,34,36-40H,7-16H2,1-5H3;4-10,13H,1H2,2-3H3;(H2,1,2,3,4). The van der Waals surface area contributed by atoms with Crippen LogP contribution in [0.2, 0.25) is 0 Å². The number of hydrogen-bond acceptors (Lipinski definition) is 16. The highest BCUT2D eigenvalue weighted by molar-refractivity contribution is 7.79. The van der Waals surface area contributed by atoms with Crippen molar-refractivity contribution in [2.75, 3.05) is 27.3 Å². The number of ketones is 2. The van der Waals surface area contributed by atoms with E-state index in [0.29, 0.717) is 55.7 Å². The zero-order valence-electron chi connectivity index (χ0n) is 39.6. The molecule has 8 aliphatic rings. The minimum atomic E-state index is -4.67. The lowest BCUT2D eigenvalue weighted by Crippen LogP contribution is -2.85. The van der Waals surface area contributed by atoms with E-state index in [9.17, 15) is 45.0 Å². The highest BCUT2D eigenvalue weighted by Gasteiger charge is 2.88. The van der Waals surface area contributed by atoms with Gasteiger partial charge in [-0.05, 0) is 89.0 Å². The zero-order chi connectivity index (χ0) is 50.4. The van der Waals surface area contributed by atoms with E-state index in [1.165, 1.54) is 19.3 Å². The van der Waals surface area contributed by atoms with Gasteiger partial charge in [-0.3, -0.25) is 23.6 Å². The third kappa shape index (κ3) is 7.84. The largest absolute Gasteiger partial charge is 0.497 e. The zero-order valence-corrected chi connectivity index (χ0v) is 40.4. The number of allylic oxidation sites excluding steroid dienone is 5. The number of ether oxygens (including phenoxy) is 4. The molecule has 3 aliphatic heterocycles. The van der Waals surface area contributed by atoms with Crippen LogP contribution >= 0.6 is 0 Å². The van der Waals surface area contributed by atoms with Crippen LogP contribution in [0.3, 0.4) is 0 Å². The Hall–Kier alpha value is -3.86. The first-order valence-corrected chi connectivity index (χ1v) is 24.6. The van der Waals surface area contributed by atoms with Crippen LogP contribution in [0.15, 0.2) is 72.1 Å². The van der Waals surface area contributed by atoms with E-state index in [0.717, 1.165) is 17.7 Å². The Morgan fingerprint density at radius 2 is 1.53 bits per heavy atom. The fraction of sp³-hybridized carbons (Fsp3) is 0.653. The molecule has 1 spiro atoms. The Kier molecular flexibility index (Phi) is 13.6. The van der Waals surface area contributed by atoms with Crippen molar-refractivity contribution in [3.05, 3.63) is 77.6 Å². The maximum absolute atomic E-state index is 12.9. The predicted octanol–water partition coefficient (Wildman–Crippen LogP) is 2.91. The van der Waals surface area contributed by atoms with Crippen molar-refractivity contribution in [3.8, 4) is 5.75 Å². The number of piperidine rings is 2. The molecule has 376 valence electrons. The van der Waals surface area contributed by atoms with Crippen LogP contribution in [-0.4, -0.2) is 150 Å². The molecule has 1 aromatic carbocycles. The summed E-state index contributed by atoms with van der Waals surface area (Å²) in [6, 6.07) is 6.91. The summed E-state index contributed by atoms with van der Waals surface area (Å²) in [7, 11) is -1.72. The van der Waals surface area contributed by atoms with Crippen molar-refractivity contribution >= 4 is 27.9 Å². The Bertz CT molecular complexity index is 2390. The van der Waals surface area contributed by atoms with E-state index in [2.05, 4.69) is 18.4 Å². The normalized spacial score (nSPS) is 43.0. The molecule has 3 saturated heterocycles. The van der Waals surface area contributed by atoms with E-state index < -0.39 is 85.5 Å². The van der Waals surface area contributed by atoms with E-state index in [1.54, 1.807) is 52.2 Å². The van der Waals surface area contributed by atoms with E-state index in [4.69, 9.17) is 36.5 Å². The third-order valence-electron chi connectivity index (χ3n) is 17.4. The van der Waals surface area contributed by atoms with Crippen molar-refractivity contribution in [1.29, 1.82) is 0 Å². The van der Waals surface area contributed by atoms with Gasteiger partial charge in [-0.15, -0.1) is 6.58 Å². The molecule has 18 nitrogen and oxygen atoms in total. The average molecular weight is 974 g/mol.